The molecule has 7 nitrogen and oxygen atoms in total. The van der Waals surface area contributed by atoms with E-state index in [1.54, 1.807) is 0 Å². The summed E-state index contributed by atoms with van der Waals surface area (Å²) in [7, 11) is 0. The molecule has 2 N–H and O–H groups in total. The topological polar surface area (TPSA) is 81.8 Å². The lowest BCUT2D eigenvalue weighted by Gasteiger charge is -2.29. The second-order valence-corrected chi connectivity index (χ2v) is 6.29. The molecule has 2 aliphatic heterocycles. The highest BCUT2D eigenvalue weighted by atomic mass is 16.5. The van der Waals surface area contributed by atoms with E-state index in [4.69, 9.17) is 4.52 Å². The van der Waals surface area contributed by atoms with Gasteiger partial charge in [0.15, 0.2) is 0 Å². The third-order valence-electron chi connectivity index (χ3n) is 4.45. The van der Waals surface area contributed by atoms with Crippen LogP contribution in [0, 0.1) is 12.8 Å². The predicted octanol–water partition coefficient (Wildman–Crippen LogP) is -0.750. The van der Waals surface area contributed by atoms with Crippen molar-refractivity contribution in [3.05, 3.63) is 17.5 Å². The van der Waals surface area contributed by atoms with Crippen molar-refractivity contribution in [2.24, 2.45) is 5.92 Å². The second-order valence-electron chi connectivity index (χ2n) is 6.29. The summed E-state index contributed by atoms with van der Waals surface area (Å²) in [4.78, 5) is 16.2. The lowest BCUT2D eigenvalue weighted by molar-refractivity contribution is -0.132. The number of hydrogen-bond acceptors (Lipinski definition) is 6. The third-order valence-corrected chi connectivity index (χ3v) is 4.45. The van der Waals surface area contributed by atoms with Crippen LogP contribution in [0.1, 0.15) is 11.5 Å². The molecule has 0 aliphatic carbocycles. The summed E-state index contributed by atoms with van der Waals surface area (Å²) in [5.74, 6) is 1.06. The van der Waals surface area contributed by atoms with Crippen LogP contribution in [-0.2, 0) is 11.2 Å². The van der Waals surface area contributed by atoms with Gasteiger partial charge in [0, 0.05) is 57.7 Å². The number of β-amino-alcohol motifs (C(OH)–C–C–N with tert-alkyl or cyclic N) is 1. The van der Waals surface area contributed by atoms with Gasteiger partial charge in [0.05, 0.1) is 18.3 Å². The number of aromatic nitrogens is 1. The molecule has 0 bridgehead atoms. The van der Waals surface area contributed by atoms with Gasteiger partial charge in [-0.15, -0.1) is 0 Å². The van der Waals surface area contributed by atoms with Crippen LogP contribution in [-0.4, -0.2) is 77.9 Å². The Hall–Kier alpha value is -1.44. The smallest absolute Gasteiger partial charge is 0.236 e. The van der Waals surface area contributed by atoms with E-state index >= 15 is 0 Å². The number of nitrogens with one attached hydrogen (secondary N) is 1. The summed E-state index contributed by atoms with van der Waals surface area (Å²) in [6, 6.07) is 1.90. The van der Waals surface area contributed by atoms with Gasteiger partial charge in [-0.1, -0.05) is 5.16 Å². The summed E-state index contributed by atoms with van der Waals surface area (Å²) >= 11 is 0. The number of aliphatic hydroxyl groups excluding tert-OH is 1. The van der Waals surface area contributed by atoms with Gasteiger partial charge in [-0.3, -0.25) is 9.69 Å². The molecule has 3 rings (SSSR count). The number of carbonyl (C=O) groups is 1. The maximum Gasteiger partial charge on any atom is 0.236 e. The molecular formula is C15H24N4O3. The highest BCUT2D eigenvalue weighted by molar-refractivity contribution is 5.78. The number of nitrogens with zero attached hydrogens (tertiary/aromatic N) is 3. The number of carbonyl (C=O) groups excluding carboxylic acids is 1. The Labute approximate surface area is 130 Å². The maximum atomic E-state index is 12.3. The lowest BCUT2D eigenvalue weighted by Crippen LogP contribution is -2.49. The number of aryl methyl sites for hydroxylation is 1. The molecule has 1 aromatic heterocycles. The predicted molar refractivity (Wildman–Crippen MR) is 80.3 cm³/mol. The first-order valence-corrected chi connectivity index (χ1v) is 7.93. The lowest BCUT2D eigenvalue weighted by atomic mass is 10.0. The Morgan fingerprint density at radius 3 is 2.91 bits per heavy atom. The van der Waals surface area contributed by atoms with Crippen LogP contribution in [0.5, 0.6) is 0 Å². The monoisotopic (exact) mass is 308 g/mol. The zero-order valence-electron chi connectivity index (χ0n) is 13.0. The van der Waals surface area contributed by atoms with E-state index in [9.17, 15) is 9.90 Å². The van der Waals surface area contributed by atoms with Crippen LogP contribution in [0.4, 0.5) is 0 Å². The third kappa shape index (κ3) is 3.66. The van der Waals surface area contributed by atoms with E-state index in [2.05, 4.69) is 10.5 Å². The van der Waals surface area contributed by atoms with Gasteiger partial charge in [0.1, 0.15) is 5.76 Å². The number of aliphatic hydroxyl groups is 1. The molecule has 3 heterocycles. The minimum absolute atomic E-state index is 0.100. The summed E-state index contributed by atoms with van der Waals surface area (Å²) in [6.07, 6.45) is 0.251. The number of rotatable bonds is 4. The first-order chi connectivity index (χ1) is 10.6. The van der Waals surface area contributed by atoms with Gasteiger partial charge < -0.3 is 19.8 Å². The first-order valence-electron chi connectivity index (χ1n) is 7.93. The molecule has 2 atom stereocenters. The number of amides is 1. The Kier molecular flexibility index (Phi) is 4.75. The van der Waals surface area contributed by atoms with Crippen molar-refractivity contribution in [2.75, 3.05) is 45.8 Å². The summed E-state index contributed by atoms with van der Waals surface area (Å²) < 4.78 is 5.22. The van der Waals surface area contributed by atoms with Crippen molar-refractivity contribution in [1.82, 2.24) is 20.3 Å². The molecule has 2 fully saturated rings. The minimum Gasteiger partial charge on any atom is -0.391 e. The average Bonchev–Trinajstić information content (AvgIpc) is 3.06. The molecule has 0 unspecified atom stereocenters. The van der Waals surface area contributed by atoms with Crippen molar-refractivity contribution in [2.45, 2.75) is 19.4 Å². The zero-order chi connectivity index (χ0) is 15.5. The van der Waals surface area contributed by atoms with Crippen molar-refractivity contribution in [3.8, 4) is 0 Å². The van der Waals surface area contributed by atoms with Gasteiger partial charge in [-0.2, -0.15) is 0 Å². The van der Waals surface area contributed by atoms with Gasteiger partial charge in [0.2, 0.25) is 5.91 Å². The van der Waals surface area contributed by atoms with E-state index in [1.165, 1.54) is 0 Å². The quantitative estimate of drug-likeness (QED) is 0.762. The zero-order valence-corrected chi connectivity index (χ0v) is 13.0. The summed E-state index contributed by atoms with van der Waals surface area (Å²) in [5, 5.41) is 17.3. The van der Waals surface area contributed by atoms with Gasteiger partial charge >= 0.3 is 0 Å². The number of hydrogen-bond donors (Lipinski definition) is 2. The Morgan fingerprint density at radius 2 is 2.23 bits per heavy atom. The van der Waals surface area contributed by atoms with E-state index in [0.29, 0.717) is 19.5 Å². The molecule has 2 saturated heterocycles. The van der Waals surface area contributed by atoms with Crippen LogP contribution in [0.15, 0.2) is 10.6 Å². The Balaban J connectivity index is 1.50. The molecule has 22 heavy (non-hydrogen) atoms. The van der Waals surface area contributed by atoms with Gasteiger partial charge in [0.25, 0.3) is 0 Å². The molecular weight excluding hydrogens is 284 g/mol. The van der Waals surface area contributed by atoms with E-state index < -0.39 is 6.10 Å². The van der Waals surface area contributed by atoms with E-state index in [-0.39, 0.29) is 11.8 Å². The first kappa shape index (κ1) is 15.5. The summed E-state index contributed by atoms with van der Waals surface area (Å²) in [6.45, 7) is 6.82. The van der Waals surface area contributed by atoms with Crippen LogP contribution in [0.3, 0.4) is 0 Å². The Bertz CT molecular complexity index is 513. The van der Waals surface area contributed by atoms with Crippen molar-refractivity contribution in [1.29, 1.82) is 0 Å². The van der Waals surface area contributed by atoms with Crippen LogP contribution < -0.4 is 5.32 Å². The highest BCUT2D eigenvalue weighted by Gasteiger charge is 2.33. The fourth-order valence-electron chi connectivity index (χ4n) is 3.25. The fraction of sp³-hybridized carbons (Fsp3) is 0.733. The summed E-state index contributed by atoms with van der Waals surface area (Å²) in [5.41, 5.74) is 0.855. The molecule has 0 aromatic carbocycles. The Morgan fingerprint density at radius 1 is 1.45 bits per heavy atom. The normalized spacial score (nSPS) is 26.5. The van der Waals surface area contributed by atoms with Crippen LogP contribution in [0.2, 0.25) is 0 Å². The molecule has 0 spiro atoms. The molecule has 0 radical (unpaired) electrons. The standard InChI is InChI=1S/C15H24N4O3/c1-11-6-13(22-17-11)7-12-8-18(9-14(12)20)10-15(21)19-4-2-16-3-5-19/h6,12,14,16,20H,2-5,7-10H2,1H3/t12-,14-/m1/s1. The van der Waals surface area contributed by atoms with Gasteiger partial charge in [-0.25, -0.2) is 0 Å². The van der Waals surface area contributed by atoms with Crippen molar-refractivity contribution >= 4 is 5.91 Å². The largest absolute Gasteiger partial charge is 0.391 e. The second kappa shape index (κ2) is 6.76. The minimum atomic E-state index is -0.416. The van der Waals surface area contributed by atoms with Crippen molar-refractivity contribution in [3.63, 3.8) is 0 Å². The highest BCUT2D eigenvalue weighted by Crippen LogP contribution is 2.22. The van der Waals surface area contributed by atoms with Crippen molar-refractivity contribution < 1.29 is 14.4 Å². The van der Waals surface area contributed by atoms with Gasteiger partial charge in [-0.05, 0) is 6.92 Å². The van der Waals surface area contributed by atoms with E-state index in [1.807, 2.05) is 22.8 Å². The van der Waals surface area contributed by atoms with E-state index in [0.717, 1.165) is 44.2 Å². The number of piperazine rings is 1. The fourth-order valence-corrected chi connectivity index (χ4v) is 3.25. The molecule has 1 amide bonds. The molecule has 1 aromatic rings. The average molecular weight is 308 g/mol. The van der Waals surface area contributed by atoms with Crippen LogP contribution >= 0.6 is 0 Å². The molecule has 122 valence electrons. The maximum absolute atomic E-state index is 12.3. The number of likely N-dealkylation sites (tertiary alicyclic amines) is 1. The van der Waals surface area contributed by atoms with Crippen LogP contribution in [0.25, 0.3) is 0 Å². The molecule has 0 saturated carbocycles. The molecule has 2 aliphatic rings. The molecule has 7 heteroatoms. The SMILES string of the molecule is Cc1cc(C[C@@H]2CN(CC(=O)N3CCNCC3)C[C@H]2O)on1.